The fourth-order valence-corrected chi connectivity index (χ4v) is 2.16. The Morgan fingerprint density at radius 2 is 2.18 bits per heavy atom. The van der Waals surface area contributed by atoms with Crippen molar-refractivity contribution in [1.82, 2.24) is 9.78 Å². The van der Waals surface area contributed by atoms with Crippen LogP contribution in [-0.2, 0) is 6.54 Å². The normalized spacial score (nSPS) is 10.4. The molecule has 3 nitrogen and oxygen atoms in total. The minimum Gasteiger partial charge on any atom is -0.365 e. The van der Waals surface area contributed by atoms with Gasteiger partial charge >= 0.3 is 0 Å². The molecular weight excluding hydrogens is 261 g/mol. The molecule has 17 heavy (non-hydrogen) atoms. The molecule has 2 aromatic rings. The van der Waals surface area contributed by atoms with Crippen LogP contribution in [0.3, 0.4) is 0 Å². The Balaban J connectivity index is 0.00000144. The van der Waals surface area contributed by atoms with Crippen LogP contribution in [0.2, 0.25) is 0 Å². The zero-order chi connectivity index (χ0) is 11.5. The van der Waals surface area contributed by atoms with E-state index in [2.05, 4.69) is 24.3 Å². The number of halogens is 2. The highest BCUT2D eigenvalue weighted by atomic mass is 35.5. The monoisotopic (exact) mass is 275 g/mol. The Morgan fingerprint density at radius 1 is 1.41 bits per heavy atom. The van der Waals surface area contributed by atoms with E-state index in [0.717, 1.165) is 10.7 Å². The first-order valence-corrected chi connectivity index (χ1v) is 6.00. The van der Waals surface area contributed by atoms with Gasteiger partial charge in [0.1, 0.15) is 5.82 Å². The van der Waals surface area contributed by atoms with Crippen LogP contribution in [0.15, 0.2) is 24.4 Å². The molecule has 0 atom stereocenters. The average molecular weight is 276 g/mol. The Labute approximate surface area is 110 Å². The highest BCUT2D eigenvalue weighted by Crippen LogP contribution is 2.18. The van der Waals surface area contributed by atoms with Gasteiger partial charge in [0, 0.05) is 17.0 Å². The third kappa shape index (κ3) is 3.44. The fourth-order valence-electron chi connectivity index (χ4n) is 1.49. The lowest BCUT2D eigenvalue weighted by Crippen LogP contribution is -2.09. The number of aromatic nitrogens is 2. The molecule has 94 valence electrons. The molecule has 0 saturated carbocycles. The number of rotatable bonds is 4. The van der Waals surface area contributed by atoms with Gasteiger partial charge in [0.15, 0.2) is 5.13 Å². The van der Waals surface area contributed by atoms with Crippen molar-refractivity contribution in [1.29, 1.82) is 0 Å². The zero-order valence-electron chi connectivity index (χ0n) is 9.68. The molecule has 2 heterocycles. The average Bonchev–Trinajstić information content (AvgIpc) is 2.83. The maximum absolute atomic E-state index is 12.8. The molecule has 6 heteroatoms. The summed E-state index contributed by atoms with van der Waals surface area (Å²) < 4.78 is 14.7. The SMILES string of the molecule is CC(C)n1nccc1NCc1ccc(F)s1.Cl. The van der Waals surface area contributed by atoms with E-state index in [4.69, 9.17) is 0 Å². The predicted molar refractivity (Wildman–Crippen MR) is 71.5 cm³/mol. The molecule has 0 saturated heterocycles. The molecular formula is C11H15ClFN3S. The molecule has 2 rings (SSSR count). The van der Waals surface area contributed by atoms with E-state index in [1.54, 1.807) is 12.3 Å². The van der Waals surface area contributed by atoms with Gasteiger partial charge in [0.05, 0.1) is 12.7 Å². The molecule has 0 aromatic carbocycles. The van der Waals surface area contributed by atoms with Gasteiger partial charge in [0.2, 0.25) is 0 Å². The highest BCUT2D eigenvalue weighted by molar-refractivity contribution is 7.10. The minimum atomic E-state index is -0.144. The van der Waals surface area contributed by atoms with E-state index < -0.39 is 0 Å². The summed E-state index contributed by atoms with van der Waals surface area (Å²) in [7, 11) is 0. The quantitative estimate of drug-likeness (QED) is 0.922. The van der Waals surface area contributed by atoms with Crippen LogP contribution in [-0.4, -0.2) is 9.78 Å². The van der Waals surface area contributed by atoms with Gasteiger partial charge in [-0.2, -0.15) is 9.49 Å². The molecule has 2 aromatic heterocycles. The van der Waals surface area contributed by atoms with Crippen molar-refractivity contribution in [2.75, 3.05) is 5.32 Å². The number of hydrogen-bond donors (Lipinski definition) is 1. The number of nitrogens with zero attached hydrogens (tertiary/aromatic N) is 2. The largest absolute Gasteiger partial charge is 0.365 e. The first kappa shape index (κ1) is 14.0. The van der Waals surface area contributed by atoms with Gasteiger partial charge in [-0.25, -0.2) is 4.68 Å². The van der Waals surface area contributed by atoms with Crippen molar-refractivity contribution >= 4 is 29.6 Å². The molecule has 1 N–H and O–H groups in total. The maximum atomic E-state index is 12.8. The molecule has 0 spiro atoms. The van der Waals surface area contributed by atoms with Crippen molar-refractivity contribution < 1.29 is 4.39 Å². The van der Waals surface area contributed by atoms with E-state index in [1.165, 1.54) is 17.4 Å². The number of thiophene rings is 1. The summed E-state index contributed by atoms with van der Waals surface area (Å²) in [5, 5.41) is 7.32. The van der Waals surface area contributed by atoms with Crippen molar-refractivity contribution in [2.45, 2.75) is 26.4 Å². The molecule has 0 bridgehead atoms. The fraction of sp³-hybridized carbons (Fsp3) is 0.364. The Bertz CT molecular complexity index is 467. The van der Waals surface area contributed by atoms with Gasteiger partial charge in [-0.05, 0) is 26.0 Å². The van der Waals surface area contributed by atoms with Crippen LogP contribution in [0.5, 0.6) is 0 Å². The summed E-state index contributed by atoms with van der Waals surface area (Å²) in [6, 6.07) is 5.52. The first-order chi connectivity index (χ1) is 7.66. The molecule has 0 unspecified atom stereocenters. The van der Waals surface area contributed by atoms with Crippen LogP contribution >= 0.6 is 23.7 Å². The van der Waals surface area contributed by atoms with Crippen molar-refractivity contribution in [3.63, 3.8) is 0 Å². The number of hydrogen-bond acceptors (Lipinski definition) is 3. The Hall–Kier alpha value is -1.07. The van der Waals surface area contributed by atoms with Crippen LogP contribution in [0.4, 0.5) is 10.2 Å². The smallest absolute Gasteiger partial charge is 0.176 e. The maximum Gasteiger partial charge on any atom is 0.176 e. The molecule has 0 aliphatic heterocycles. The topological polar surface area (TPSA) is 29.9 Å². The van der Waals surface area contributed by atoms with Gasteiger partial charge in [0.25, 0.3) is 0 Å². The van der Waals surface area contributed by atoms with E-state index in [0.29, 0.717) is 12.6 Å². The van der Waals surface area contributed by atoms with E-state index >= 15 is 0 Å². The predicted octanol–water partition coefficient (Wildman–Crippen LogP) is 3.70. The van der Waals surface area contributed by atoms with Gasteiger partial charge in [-0.15, -0.1) is 23.7 Å². The lowest BCUT2D eigenvalue weighted by molar-refractivity contribution is 0.537. The van der Waals surface area contributed by atoms with Crippen LogP contribution in [0, 0.1) is 5.13 Å². The molecule has 0 aliphatic carbocycles. The van der Waals surface area contributed by atoms with E-state index in [1.807, 2.05) is 10.7 Å². The van der Waals surface area contributed by atoms with Crippen LogP contribution < -0.4 is 5.32 Å². The summed E-state index contributed by atoms with van der Waals surface area (Å²) >= 11 is 1.17. The summed E-state index contributed by atoms with van der Waals surface area (Å²) in [6.45, 7) is 4.78. The summed E-state index contributed by atoms with van der Waals surface area (Å²) in [5.74, 6) is 0.962. The second kappa shape index (κ2) is 6.02. The van der Waals surface area contributed by atoms with Crippen molar-refractivity contribution in [3.05, 3.63) is 34.4 Å². The Kier molecular flexibility index (Phi) is 4.96. The van der Waals surface area contributed by atoms with Gasteiger partial charge in [-0.3, -0.25) is 0 Å². The summed E-state index contributed by atoms with van der Waals surface area (Å²) in [6.07, 6.45) is 1.76. The molecule has 0 aliphatic rings. The van der Waals surface area contributed by atoms with Crippen LogP contribution in [0.1, 0.15) is 24.8 Å². The summed E-state index contributed by atoms with van der Waals surface area (Å²) in [4.78, 5) is 0.981. The zero-order valence-corrected chi connectivity index (χ0v) is 11.3. The third-order valence-corrected chi connectivity index (χ3v) is 3.11. The second-order valence-electron chi connectivity index (χ2n) is 3.81. The second-order valence-corrected chi connectivity index (χ2v) is 4.93. The van der Waals surface area contributed by atoms with Gasteiger partial charge < -0.3 is 5.32 Å². The highest BCUT2D eigenvalue weighted by Gasteiger charge is 2.05. The van der Waals surface area contributed by atoms with Crippen LogP contribution in [0.25, 0.3) is 0 Å². The molecule has 0 radical (unpaired) electrons. The van der Waals surface area contributed by atoms with Crippen molar-refractivity contribution in [3.8, 4) is 0 Å². The number of anilines is 1. The van der Waals surface area contributed by atoms with E-state index in [-0.39, 0.29) is 17.5 Å². The lowest BCUT2D eigenvalue weighted by Gasteiger charge is -2.11. The minimum absolute atomic E-state index is 0. The standard InChI is InChI=1S/C11H14FN3S.ClH/c1-8(2)15-11(5-6-14-15)13-7-9-3-4-10(12)16-9;/h3-6,8,13H,7H2,1-2H3;1H. The van der Waals surface area contributed by atoms with Gasteiger partial charge in [-0.1, -0.05) is 0 Å². The molecule has 0 fully saturated rings. The first-order valence-electron chi connectivity index (χ1n) is 5.18. The van der Waals surface area contributed by atoms with E-state index in [9.17, 15) is 4.39 Å². The summed E-state index contributed by atoms with van der Waals surface area (Å²) in [5.41, 5.74) is 0. The Morgan fingerprint density at radius 3 is 2.76 bits per heavy atom. The lowest BCUT2D eigenvalue weighted by atomic mass is 10.4. The molecule has 0 amide bonds. The number of nitrogens with one attached hydrogen (secondary N) is 1. The van der Waals surface area contributed by atoms with Crippen molar-refractivity contribution in [2.24, 2.45) is 0 Å². The third-order valence-electron chi connectivity index (χ3n) is 2.23.